The van der Waals surface area contributed by atoms with Crippen molar-refractivity contribution in [1.82, 2.24) is 5.32 Å². The molecule has 0 bridgehead atoms. The first kappa shape index (κ1) is 14.9. The molecule has 0 aliphatic carbocycles. The van der Waals surface area contributed by atoms with Crippen LogP contribution in [0.4, 0.5) is 0 Å². The maximum absolute atomic E-state index is 11.4. The molecule has 0 saturated carbocycles. The van der Waals surface area contributed by atoms with Crippen LogP contribution in [0.3, 0.4) is 0 Å². The van der Waals surface area contributed by atoms with Crippen molar-refractivity contribution in [2.75, 3.05) is 0 Å². The van der Waals surface area contributed by atoms with E-state index in [0.717, 1.165) is 12.8 Å². The van der Waals surface area contributed by atoms with Crippen LogP contribution in [0, 0.1) is 0 Å². The summed E-state index contributed by atoms with van der Waals surface area (Å²) in [5, 5.41) is 11.3. The van der Waals surface area contributed by atoms with Gasteiger partial charge in [0.15, 0.2) is 0 Å². The minimum atomic E-state index is -0.844. The van der Waals surface area contributed by atoms with Gasteiger partial charge in [-0.3, -0.25) is 9.59 Å². The summed E-state index contributed by atoms with van der Waals surface area (Å²) in [6.07, 6.45) is 5.30. The first-order valence-corrected chi connectivity index (χ1v) is 6.07. The standard InChI is InChI=1S/C12H23NO3/c1-3-4-5-7-10(2)13-11(14)8-6-9-12(15)16/h10H,3-9H2,1-2H3,(H,13,14)(H,15,16)/t10-/m1/s1. The summed E-state index contributed by atoms with van der Waals surface area (Å²) in [5.41, 5.74) is 0. The number of rotatable bonds is 9. The summed E-state index contributed by atoms with van der Waals surface area (Å²) in [6.45, 7) is 4.14. The highest BCUT2D eigenvalue weighted by atomic mass is 16.4. The van der Waals surface area contributed by atoms with Crippen molar-refractivity contribution in [3.63, 3.8) is 0 Å². The fourth-order valence-corrected chi connectivity index (χ4v) is 1.52. The molecule has 0 aromatic carbocycles. The number of carboxylic acid groups (broad SMARTS) is 1. The van der Waals surface area contributed by atoms with Crippen LogP contribution in [0.25, 0.3) is 0 Å². The van der Waals surface area contributed by atoms with Crippen molar-refractivity contribution < 1.29 is 14.7 Å². The highest BCUT2D eigenvalue weighted by Gasteiger charge is 2.07. The molecule has 0 aromatic rings. The zero-order chi connectivity index (χ0) is 12.4. The number of nitrogens with one attached hydrogen (secondary N) is 1. The maximum Gasteiger partial charge on any atom is 0.303 e. The molecule has 16 heavy (non-hydrogen) atoms. The SMILES string of the molecule is CCCCC[C@@H](C)NC(=O)CCCC(=O)O. The van der Waals surface area contributed by atoms with Gasteiger partial charge in [0.05, 0.1) is 0 Å². The van der Waals surface area contributed by atoms with Gasteiger partial charge >= 0.3 is 5.97 Å². The second kappa shape index (κ2) is 9.19. The van der Waals surface area contributed by atoms with E-state index in [2.05, 4.69) is 12.2 Å². The summed E-state index contributed by atoms with van der Waals surface area (Å²) < 4.78 is 0. The Morgan fingerprint density at radius 1 is 1.19 bits per heavy atom. The van der Waals surface area contributed by atoms with E-state index >= 15 is 0 Å². The molecule has 0 spiro atoms. The van der Waals surface area contributed by atoms with Crippen LogP contribution in [0.2, 0.25) is 0 Å². The minimum absolute atomic E-state index is 0.0368. The zero-order valence-electron chi connectivity index (χ0n) is 10.3. The van der Waals surface area contributed by atoms with Crippen LogP contribution >= 0.6 is 0 Å². The lowest BCUT2D eigenvalue weighted by Gasteiger charge is -2.13. The molecule has 4 nitrogen and oxygen atoms in total. The van der Waals surface area contributed by atoms with Crippen molar-refractivity contribution in [3.8, 4) is 0 Å². The van der Waals surface area contributed by atoms with E-state index in [1.807, 2.05) is 6.92 Å². The Labute approximate surface area is 97.4 Å². The highest BCUT2D eigenvalue weighted by molar-refractivity contribution is 5.76. The zero-order valence-corrected chi connectivity index (χ0v) is 10.3. The average Bonchev–Trinajstić information content (AvgIpc) is 2.17. The van der Waals surface area contributed by atoms with Gasteiger partial charge in [-0.05, 0) is 19.8 Å². The Kier molecular flexibility index (Phi) is 8.58. The molecular weight excluding hydrogens is 206 g/mol. The van der Waals surface area contributed by atoms with Crippen LogP contribution in [0.5, 0.6) is 0 Å². The Morgan fingerprint density at radius 3 is 2.44 bits per heavy atom. The Bertz CT molecular complexity index is 216. The van der Waals surface area contributed by atoms with Gasteiger partial charge in [0.2, 0.25) is 5.91 Å². The third-order valence-corrected chi connectivity index (χ3v) is 2.44. The minimum Gasteiger partial charge on any atom is -0.481 e. The first-order valence-electron chi connectivity index (χ1n) is 6.07. The number of aliphatic carboxylic acids is 1. The molecule has 0 rings (SSSR count). The molecule has 0 unspecified atom stereocenters. The molecule has 0 aliphatic rings. The lowest BCUT2D eigenvalue weighted by atomic mass is 10.1. The lowest BCUT2D eigenvalue weighted by molar-refractivity contribution is -0.137. The molecule has 4 heteroatoms. The van der Waals surface area contributed by atoms with Crippen molar-refractivity contribution >= 4 is 11.9 Å². The largest absolute Gasteiger partial charge is 0.481 e. The highest BCUT2D eigenvalue weighted by Crippen LogP contribution is 2.03. The van der Waals surface area contributed by atoms with Gasteiger partial charge in [0, 0.05) is 18.9 Å². The number of unbranched alkanes of at least 4 members (excludes halogenated alkanes) is 2. The van der Waals surface area contributed by atoms with E-state index in [9.17, 15) is 9.59 Å². The van der Waals surface area contributed by atoms with Crippen LogP contribution in [-0.4, -0.2) is 23.0 Å². The fraction of sp³-hybridized carbons (Fsp3) is 0.833. The third-order valence-electron chi connectivity index (χ3n) is 2.44. The smallest absolute Gasteiger partial charge is 0.303 e. The summed E-state index contributed by atoms with van der Waals surface area (Å²) in [6, 6.07) is 0.198. The Balaban J connectivity index is 3.50. The Morgan fingerprint density at radius 2 is 1.88 bits per heavy atom. The maximum atomic E-state index is 11.4. The molecule has 1 amide bonds. The average molecular weight is 229 g/mol. The third kappa shape index (κ3) is 9.49. The Hall–Kier alpha value is -1.06. The van der Waals surface area contributed by atoms with Gasteiger partial charge < -0.3 is 10.4 Å². The molecule has 94 valence electrons. The van der Waals surface area contributed by atoms with E-state index in [0.29, 0.717) is 12.8 Å². The number of carboxylic acids is 1. The molecule has 2 N–H and O–H groups in total. The molecular formula is C12H23NO3. The number of carbonyl (C=O) groups is 2. The van der Waals surface area contributed by atoms with Crippen LogP contribution in [0.15, 0.2) is 0 Å². The van der Waals surface area contributed by atoms with Crippen LogP contribution in [0.1, 0.15) is 58.8 Å². The monoisotopic (exact) mass is 229 g/mol. The van der Waals surface area contributed by atoms with Gasteiger partial charge in [0.25, 0.3) is 0 Å². The van der Waals surface area contributed by atoms with Gasteiger partial charge in [-0.1, -0.05) is 26.2 Å². The van der Waals surface area contributed by atoms with Crippen molar-refractivity contribution in [2.45, 2.75) is 64.8 Å². The van der Waals surface area contributed by atoms with Crippen molar-refractivity contribution in [3.05, 3.63) is 0 Å². The first-order chi connectivity index (χ1) is 7.56. The summed E-state index contributed by atoms with van der Waals surface area (Å²) in [7, 11) is 0. The number of hydrogen-bond acceptors (Lipinski definition) is 2. The number of amides is 1. The summed E-state index contributed by atoms with van der Waals surface area (Å²) >= 11 is 0. The predicted octanol–water partition coefficient (Wildman–Crippen LogP) is 2.33. The second-order valence-electron chi connectivity index (χ2n) is 4.21. The van der Waals surface area contributed by atoms with Crippen molar-refractivity contribution in [1.29, 1.82) is 0 Å². The molecule has 0 radical (unpaired) electrons. The molecule has 0 heterocycles. The molecule has 0 saturated heterocycles. The summed E-state index contributed by atoms with van der Waals surface area (Å²) in [5.74, 6) is -0.881. The van der Waals surface area contributed by atoms with E-state index < -0.39 is 5.97 Å². The van der Waals surface area contributed by atoms with Crippen LogP contribution in [-0.2, 0) is 9.59 Å². The normalized spacial score (nSPS) is 12.1. The molecule has 0 aromatic heterocycles. The topological polar surface area (TPSA) is 66.4 Å². The lowest BCUT2D eigenvalue weighted by Crippen LogP contribution is -2.32. The predicted molar refractivity (Wildman–Crippen MR) is 63.2 cm³/mol. The number of hydrogen-bond donors (Lipinski definition) is 2. The molecule has 0 aliphatic heterocycles. The number of carbonyl (C=O) groups excluding carboxylic acids is 1. The molecule has 0 fully saturated rings. The van der Waals surface area contributed by atoms with Crippen LogP contribution < -0.4 is 5.32 Å². The van der Waals surface area contributed by atoms with E-state index in [-0.39, 0.29) is 18.4 Å². The van der Waals surface area contributed by atoms with E-state index in [1.165, 1.54) is 12.8 Å². The quantitative estimate of drug-likeness (QED) is 0.596. The second-order valence-corrected chi connectivity index (χ2v) is 4.21. The van der Waals surface area contributed by atoms with Gasteiger partial charge in [0.1, 0.15) is 0 Å². The summed E-state index contributed by atoms with van der Waals surface area (Å²) in [4.78, 5) is 21.6. The van der Waals surface area contributed by atoms with Gasteiger partial charge in [-0.15, -0.1) is 0 Å². The van der Waals surface area contributed by atoms with Gasteiger partial charge in [-0.25, -0.2) is 0 Å². The molecule has 1 atom stereocenters. The van der Waals surface area contributed by atoms with E-state index in [1.54, 1.807) is 0 Å². The van der Waals surface area contributed by atoms with E-state index in [4.69, 9.17) is 5.11 Å². The van der Waals surface area contributed by atoms with Gasteiger partial charge in [-0.2, -0.15) is 0 Å². The van der Waals surface area contributed by atoms with Crippen molar-refractivity contribution in [2.24, 2.45) is 0 Å². The fourth-order valence-electron chi connectivity index (χ4n) is 1.52.